The van der Waals surface area contributed by atoms with Crippen molar-refractivity contribution in [1.29, 1.82) is 5.26 Å². The largest absolute Gasteiger partial charge is 0.277 e. The average molecular weight is 292 g/mol. The minimum absolute atomic E-state index is 0.690. The minimum Gasteiger partial charge on any atom is -0.277 e. The van der Waals surface area contributed by atoms with E-state index in [0.29, 0.717) is 11.3 Å². The molecule has 0 aliphatic heterocycles. The zero-order valence-corrected chi connectivity index (χ0v) is 12.0. The third-order valence-electron chi connectivity index (χ3n) is 3.05. The summed E-state index contributed by atoms with van der Waals surface area (Å²) in [6.45, 7) is 0. The Balaban J connectivity index is 1.81. The van der Waals surface area contributed by atoms with E-state index in [1.807, 2.05) is 59.2 Å². The number of rotatable bonds is 4. The van der Waals surface area contributed by atoms with Crippen LogP contribution in [0.3, 0.4) is 0 Å². The van der Waals surface area contributed by atoms with Crippen LogP contribution in [0.15, 0.2) is 66.1 Å². The maximum absolute atomic E-state index is 9.12. The Morgan fingerprint density at radius 2 is 1.81 bits per heavy atom. The molecule has 3 rings (SSSR count). The first-order chi connectivity index (χ1) is 10.4. The number of nitriles is 1. The van der Waals surface area contributed by atoms with Gasteiger partial charge in [-0.2, -0.15) is 5.26 Å². The van der Waals surface area contributed by atoms with Gasteiger partial charge in [-0.1, -0.05) is 48.2 Å². The summed E-state index contributed by atoms with van der Waals surface area (Å²) in [5, 5.41) is 18.1. The monoisotopic (exact) mass is 292 g/mol. The van der Waals surface area contributed by atoms with Crippen molar-refractivity contribution >= 4 is 11.8 Å². The first kappa shape index (κ1) is 13.4. The van der Waals surface area contributed by atoms with Crippen LogP contribution in [-0.4, -0.2) is 14.8 Å². The molecular formula is C16H12N4S. The normalized spacial score (nSPS) is 10.2. The average Bonchev–Trinajstić information content (AvgIpc) is 3.02. The van der Waals surface area contributed by atoms with Crippen LogP contribution in [0, 0.1) is 11.3 Å². The van der Waals surface area contributed by atoms with E-state index in [9.17, 15) is 0 Å². The van der Waals surface area contributed by atoms with Crippen molar-refractivity contribution in [2.75, 3.05) is 0 Å². The highest BCUT2D eigenvalue weighted by Gasteiger charge is 2.08. The molecule has 1 heterocycles. The van der Waals surface area contributed by atoms with Gasteiger partial charge in [0.25, 0.3) is 0 Å². The number of hydrogen-bond donors (Lipinski definition) is 0. The lowest BCUT2D eigenvalue weighted by Gasteiger charge is -2.06. The SMILES string of the molecule is N#Cc1ccccc1CSc1nncn1-c1ccccc1. The van der Waals surface area contributed by atoms with Crippen molar-refractivity contribution in [2.24, 2.45) is 0 Å². The molecule has 5 heteroatoms. The lowest BCUT2D eigenvalue weighted by Crippen LogP contribution is -1.95. The van der Waals surface area contributed by atoms with E-state index in [2.05, 4.69) is 16.3 Å². The Kier molecular flexibility index (Phi) is 3.99. The van der Waals surface area contributed by atoms with E-state index in [1.54, 1.807) is 18.1 Å². The number of para-hydroxylation sites is 1. The van der Waals surface area contributed by atoms with Gasteiger partial charge in [0.05, 0.1) is 11.6 Å². The molecule has 0 unspecified atom stereocenters. The van der Waals surface area contributed by atoms with Gasteiger partial charge in [-0.3, -0.25) is 4.57 Å². The van der Waals surface area contributed by atoms with Crippen LogP contribution in [0.5, 0.6) is 0 Å². The first-order valence-electron chi connectivity index (χ1n) is 6.45. The standard InChI is InChI=1S/C16H12N4S/c17-10-13-6-4-5-7-14(13)11-21-16-19-18-12-20(16)15-8-2-1-3-9-15/h1-9,12H,11H2. The summed E-state index contributed by atoms with van der Waals surface area (Å²) in [4.78, 5) is 0. The molecule has 2 aromatic carbocycles. The molecule has 0 amide bonds. The summed E-state index contributed by atoms with van der Waals surface area (Å²) in [6, 6.07) is 19.8. The predicted molar refractivity (Wildman–Crippen MR) is 82.1 cm³/mol. The highest BCUT2D eigenvalue weighted by Crippen LogP contribution is 2.24. The molecule has 0 aliphatic rings. The second-order valence-corrected chi connectivity index (χ2v) is 5.32. The zero-order valence-electron chi connectivity index (χ0n) is 11.2. The van der Waals surface area contributed by atoms with Gasteiger partial charge in [0.2, 0.25) is 0 Å². The molecule has 4 nitrogen and oxygen atoms in total. The second-order valence-electron chi connectivity index (χ2n) is 4.38. The Bertz CT molecular complexity index is 774. The van der Waals surface area contributed by atoms with Gasteiger partial charge < -0.3 is 0 Å². The third-order valence-corrected chi connectivity index (χ3v) is 4.04. The van der Waals surface area contributed by atoms with Gasteiger partial charge >= 0.3 is 0 Å². The van der Waals surface area contributed by atoms with Crippen LogP contribution in [0.4, 0.5) is 0 Å². The predicted octanol–water partition coefficient (Wildman–Crippen LogP) is 3.43. The fourth-order valence-electron chi connectivity index (χ4n) is 1.99. The maximum atomic E-state index is 9.12. The van der Waals surface area contributed by atoms with Crippen LogP contribution >= 0.6 is 11.8 Å². The Morgan fingerprint density at radius 3 is 2.62 bits per heavy atom. The number of hydrogen-bond acceptors (Lipinski definition) is 4. The first-order valence-corrected chi connectivity index (χ1v) is 7.43. The highest BCUT2D eigenvalue weighted by molar-refractivity contribution is 7.98. The van der Waals surface area contributed by atoms with Crippen LogP contribution in [0.1, 0.15) is 11.1 Å². The van der Waals surface area contributed by atoms with Crippen LogP contribution in [-0.2, 0) is 5.75 Å². The van der Waals surface area contributed by atoms with Crippen molar-refractivity contribution in [2.45, 2.75) is 10.9 Å². The van der Waals surface area contributed by atoms with Gasteiger partial charge in [0, 0.05) is 11.4 Å². The van der Waals surface area contributed by atoms with E-state index in [1.165, 1.54) is 0 Å². The molecule has 0 fully saturated rings. The zero-order chi connectivity index (χ0) is 14.5. The van der Waals surface area contributed by atoms with Crippen LogP contribution in [0.2, 0.25) is 0 Å². The number of thioether (sulfide) groups is 1. The molecule has 0 saturated carbocycles. The fraction of sp³-hybridized carbons (Fsp3) is 0.0625. The van der Waals surface area contributed by atoms with Crippen LogP contribution < -0.4 is 0 Å². The fourth-order valence-corrected chi connectivity index (χ4v) is 2.92. The van der Waals surface area contributed by atoms with E-state index in [4.69, 9.17) is 5.26 Å². The maximum Gasteiger partial charge on any atom is 0.195 e. The molecule has 0 N–H and O–H groups in total. The third kappa shape index (κ3) is 2.96. The molecule has 0 aliphatic carbocycles. The van der Waals surface area contributed by atoms with E-state index in [-0.39, 0.29) is 0 Å². The van der Waals surface area contributed by atoms with Crippen LogP contribution in [0.25, 0.3) is 5.69 Å². The number of aromatic nitrogens is 3. The van der Waals surface area contributed by atoms with E-state index >= 15 is 0 Å². The number of benzene rings is 2. The lowest BCUT2D eigenvalue weighted by atomic mass is 10.1. The highest BCUT2D eigenvalue weighted by atomic mass is 32.2. The van der Waals surface area contributed by atoms with Crippen molar-refractivity contribution in [1.82, 2.24) is 14.8 Å². The smallest absolute Gasteiger partial charge is 0.195 e. The molecule has 0 bridgehead atoms. The summed E-state index contributed by atoms with van der Waals surface area (Å²) >= 11 is 1.57. The van der Waals surface area contributed by atoms with Crippen molar-refractivity contribution in [3.05, 3.63) is 72.1 Å². The van der Waals surface area contributed by atoms with E-state index in [0.717, 1.165) is 16.4 Å². The molecule has 1 aromatic heterocycles. The summed E-state index contributed by atoms with van der Waals surface area (Å²) in [5.41, 5.74) is 2.74. The Labute approximate surface area is 127 Å². The summed E-state index contributed by atoms with van der Waals surface area (Å²) in [6.07, 6.45) is 1.70. The van der Waals surface area contributed by atoms with E-state index < -0.39 is 0 Å². The lowest BCUT2D eigenvalue weighted by molar-refractivity contribution is 0.884. The number of nitrogens with zero attached hydrogens (tertiary/aromatic N) is 4. The molecular weight excluding hydrogens is 280 g/mol. The topological polar surface area (TPSA) is 54.5 Å². The molecule has 3 aromatic rings. The molecule has 102 valence electrons. The Hall–Kier alpha value is -2.58. The van der Waals surface area contributed by atoms with Gasteiger partial charge in [-0.25, -0.2) is 0 Å². The molecule has 0 atom stereocenters. The molecule has 21 heavy (non-hydrogen) atoms. The quantitative estimate of drug-likeness (QED) is 0.691. The van der Waals surface area contributed by atoms with Gasteiger partial charge in [-0.05, 0) is 23.8 Å². The summed E-state index contributed by atoms with van der Waals surface area (Å²) < 4.78 is 1.94. The van der Waals surface area contributed by atoms with Crippen molar-refractivity contribution in [3.8, 4) is 11.8 Å². The minimum atomic E-state index is 0.690. The second kappa shape index (κ2) is 6.25. The van der Waals surface area contributed by atoms with Crippen molar-refractivity contribution in [3.63, 3.8) is 0 Å². The van der Waals surface area contributed by atoms with Crippen molar-refractivity contribution < 1.29 is 0 Å². The summed E-state index contributed by atoms with van der Waals surface area (Å²) in [5.74, 6) is 0.690. The Morgan fingerprint density at radius 1 is 1.05 bits per heavy atom. The van der Waals surface area contributed by atoms with Gasteiger partial charge in [0.15, 0.2) is 5.16 Å². The molecule has 0 spiro atoms. The van der Waals surface area contributed by atoms with Gasteiger partial charge in [-0.15, -0.1) is 10.2 Å². The van der Waals surface area contributed by atoms with Gasteiger partial charge in [0.1, 0.15) is 6.33 Å². The summed E-state index contributed by atoms with van der Waals surface area (Å²) in [7, 11) is 0. The molecule has 0 saturated heterocycles. The molecule has 0 radical (unpaired) electrons.